The number of carbonyl (C=O) groups is 1. The molecule has 0 fully saturated rings. The zero-order chi connectivity index (χ0) is 10.8. The Kier molecular flexibility index (Phi) is 2.78. The molecule has 0 heterocycles. The summed E-state index contributed by atoms with van der Waals surface area (Å²) in [5.41, 5.74) is 1.55. The molecule has 78 valence electrons. The lowest BCUT2D eigenvalue weighted by molar-refractivity contribution is -0.115. The van der Waals surface area contributed by atoms with Gasteiger partial charge in [0.1, 0.15) is 0 Å². The van der Waals surface area contributed by atoms with Crippen molar-refractivity contribution in [3.8, 4) is 0 Å². The highest BCUT2D eigenvalue weighted by molar-refractivity contribution is 6.30. The van der Waals surface area contributed by atoms with Crippen LogP contribution in [0.25, 0.3) is 0 Å². The van der Waals surface area contributed by atoms with Crippen LogP contribution in [0, 0.1) is 0 Å². The minimum atomic E-state index is 0.0578. The summed E-state index contributed by atoms with van der Waals surface area (Å²) in [5, 5.41) is 10.2. The van der Waals surface area contributed by atoms with E-state index in [0.717, 1.165) is 5.56 Å². The van der Waals surface area contributed by atoms with Gasteiger partial charge < -0.3 is 5.11 Å². The number of benzene rings is 1. The van der Waals surface area contributed by atoms with Gasteiger partial charge >= 0.3 is 0 Å². The van der Waals surface area contributed by atoms with Gasteiger partial charge in [-0.05, 0) is 17.7 Å². The predicted molar refractivity (Wildman–Crippen MR) is 59.1 cm³/mol. The molecule has 0 unspecified atom stereocenters. The van der Waals surface area contributed by atoms with Crippen LogP contribution in [0.3, 0.4) is 0 Å². The monoisotopic (exact) mass is 222 g/mol. The number of aliphatic hydroxyl groups is 1. The maximum Gasteiger partial charge on any atom is 0.162 e. The Morgan fingerprint density at radius 2 is 1.87 bits per heavy atom. The molecule has 0 bridgehead atoms. The summed E-state index contributed by atoms with van der Waals surface area (Å²) in [6.07, 6.45) is 1.43. The summed E-state index contributed by atoms with van der Waals surface area (Å²) in [4.78, 5) is 11.4. The van der Waals surface area contributed by atoms with Crippen molar-refractivity contribution in [2.45, 2.75) is 19.3 Å². The van der Waals surface area contributed by atoms with Gasteiger partial charge in [0.05, 0.1) is 5.76 Å². The number of ketones is 1. The van der Waals surface area contributed by atoms with E-state index in [1.54, 1.807) is 12.1 Å². The van der Waals surface area contributed by atoms with E-state index in [-0.39, 0.29) is 11.5 Å². The topological polar surface area (TPSA) is 37.3 Å². The molecule has 1 aliphatic rings. The standard InChI is InChI=1S/C12H11ClO2/c13-9-3-1-8(2-4-9)7-10-11(14)5-6-12(10)15/h1-4,14H,5-7H2. The number of rotatable bonds is 2. The molecule has 1 aliphatic carbocycles. The third-order valence-corrected chi connectivity index (χ3v) is 2.82. The molecule has 0 saturated heterocycles. The molecule has 0 aliphatic heterocycles. The summed E-state index contributed by atoms with van der Waals surface area (Å²) in [7, 11) is 0. The maximum atomic E-state index is 11.4. The summed E-state index contributed by atoms with van der Waals surface area (Å²) >= 11 is 5.76. The van der Waals surface area contributed by atoms with Crippen LogP contribution < -0.4 is 0 Å². The van der Waals surface area contributed by atoms with Crippen LogP contribution in [0.5, 0.6) is 0 Å². The van der Waals surface area contributed by atoms with Crippen LogP contribution in [0.4, 0.5) is 0 Å². The van der Waals surface area contributed by atoms with Crippen LogP contribution in [0.15, 0.2) is 35.6 Å². The van der Waals surface area contributed by atoms with Crippen LogP contribution in [0.2, 0.25) is 5.02 Å². The van der Waals surface area contributed by atoms with E-state index in [1.165, 1.54) is 0 Å². The van der Waals surface area contributed by atoms with Gasteiger partial charge in [-0.1, -0.05) is 23.7 Å². The van der Waals surface area contributed by atoms with Crippen molar-refractivity contribution in [3.63, 3.8) is 0 Å². The summed E-state index contributed by atoms with van der Waals surface area (Å²) in [5.74, 6) is 0.303. The second-order valence-corrected chi connectivity index (χ2v) is 4.09. The van der Waals surface area contributed by atoms with Crippen LogP contribution in [-0.2, 0) is 11.2 Å². The smallest absolute Gasteiger partial charge is 0.162 e. The number of aliphatic hydroxyl groups excluding tert-OH is 1. The minimum Gasteiger partial charge on any atom is -0.512 e. The van der Waals surface area contributed by atoms with Crippen molar-refractivity contribution in [1.82, 2.24) is 0 Å². The number of carbonyl (C=O) groups excluding carboxylic acids is 1. The number of hydrogen-bond donors (Lipinski definition) is 1. The van der Waals surface area contributed by atoms with Gasteiger partial charge in [-0.3, -0.25) is 4.79 Å². The number of halogens is 1. The third kappa shape index (κ3) is 2.21. The number of hydrogen-bond acceptors (Lipinski definition) is 2. The molecule has 3 heteroatoms. The third-order valence-electron chi connectivity index (χ3n) is 2.57. The van der Waals surface area contributed by atoms with Gasteiger partial charge in [0.2, 0.25) is 0 Å². The molecule has 0 aromatic heterocycles. The highest BCUT2D eigenvalue weighted by Crippen LogP contribution is 2.24. The van der Waals surface area contributed by atoms with Crippen LogP contribution >= 0.6 is 11.6 Å². The molecule has 15 heavy (non-hydrogen) atoms. The van der Waals surface area contributed by atoms with Gasteiger partial charge in [0.15, 0.2) is 5.78 Å². The maximum absolute atomic E-state index is 11.4. The fourth-order valence-corrected chi connectivity index (χ4v) is 1.83. The fourth-order valence-electron chi connectivity index (χ4n) is 1.70. The first-order chi connectivity index (χ1) is 7.16. The second-order valence-electron chi connectivity index (χ2n) is 3.65. The molecule has 0 radical (unpaired) electrons. The Bertz CT molecular complexity index is 418. The number of allylic oxidation sites excluding steroid dienone is 2. The summed E-state index contributed by atoms with van der Waals surface area (Å²) in [6.45, 7) is 0. The lowest BCUT2D eigenvalue weighted by atomic mass is 10.0. The van der Waals surface area contributed by atoms with Crippen LogP contribution in [0.1, 0.15) is 18.4 Å². The van der Waals surface area contributed by atoms with Crippen molar-refractivity contribution >= 4 is 17.4 Å². The average molecular weight is 223 g/mol. The van der Waals surface area contributed by atoms with Crippen LogP contribution in [-0.4, -0.2) is 10.9 Å². The Morgan fingerprint density at radius 1 is 1.20 bits per heavy atom. The summed E-state index contributed by atoms with van der Waals surface area (Å²) in [6, 6.07) is 7.31. The molecule has 0 amide bonds. The second kappa shape index (κ2) is 4.07. The van der Waals surface area contributed by atoms with Crippen molar-refractivity contribution in [1.29, 1.82) is 0 Å². The van der Waals surface area contributed by atoms with Crippen molar-refractivity contribution < 1.29 is 9.90 Å². The first kappa shape index (κ1) is 10.2. The Labute approximate surface area is 93.2 Å². The SMILES string of the molecule is O=C1CCC(O)=C1Cc1ccc(Cl)cc1. The highest BCUT2D eigenvalue weighted by atomic mass is 35.5. The van der Waals surface area contributed by atoms with E-state index in [9.17, 15) is 9.90 Å². The molecule has 0 spiro atoms. The zero-order valence-electron chi connectivity index (χ0n) is 8.16. The van der Waals surface area contributed by atoms with E-state index < -0.39 is 0 Å². The zero-order valence-corrected chi connectivity index (χ0v) is 8.92. The first-order valence-corrected chi connectivity index (χ1v) is 5.23. The molecule has 1 N–H and O–H groups in total. The Balaban J connectivity index is 2.19. The lowest BCUT2D eigenvalue weighted by Crippen LogP contribution is -2.00. The van der Waals surface area contributed by atoms with E-state index >= 15 is 0 Å². The highest BCUT2D eigenvalue weighted by Gasteiger charge is 2.22. The Morgan fingerprint density at radius 3 is 2.40 bits per heavy atom. The fraction of sp³-hybridized carbons (Fsp3) is 0.250. The molecular weight excluding hydrogens is 212 g/mol. The summed E-state index contributed by atoms with van der Waals surface area (Å²) < 4.78 is 0. The quantitative estimate of drug-likeness (QED) is 0.835. The lowest BCUT2D eigenvalue weighted by Gasteiger charge is -2.02. The largest absolute Gasteiger partial charge is 0.512 e. The van der Waals surface area contributed by atoms with Gasteiger partial charge in [0, 0.05) is 29.9 Å². The van der Waals surface area contributed by atoms with E-state index in [2.05, 4.69) is 0 Å². The average Bonchev–Trinajstić information content (AvgIpc) is 2.53. The van der Waals surface area contributed by atoms with Gasteiger partial charge in [-0.2, -0.15) is 0 Å². The van der Waals surface area contributed by atoms with Crippen molar-refractivity contribution in [2.24, 2.45) is 0 Å². The van der Waals surface area contributed by atoms with Gasteiger partial charge in [-0.15, -0.1) is 0 Å². The molecule has 2 rings (SSSR count). The van der Waals surface area contributed by atoms with E-state index in [1.807, 2.05) is 12.1 Å². The van der Waals surface area contributed by atoms with Gasteiger partial charge in [0.25, 0.3) is 0 Å². The number of Topliss-reactive ketones (excluding diaryl/α,β-unsaturated/α-hetero) is 1. The normalized spacial score (nSPS) is 16.2. The first-order valence-electron chi connectivity index (χ1n) is 4.85. The molecule has 2 nitrogen and oxygen atoms in total. The molecule has 0 saturated carbocycles. The van der Waals surface area contributed by atoms with E-state index in [4.69, 9.17) is 11.6 Å². The van der Waals surface area contributed by atoms with E-state index in [0.29, 0.717) is 29.9 Å². The minimum absolute atomic E-state index is 0.0578. The molecular formula is C12H11ClO2. The van der Waals surface area contributed by atoms with Crippen molar-refractivity contribution in [2.75, 3.05) is 0 Å². The molecule has 1 aromatic carbocycles. The van der Waals surface area contributed by atoms with Gasteiger partial charge in [-0.25, -0.2) is 0 Å². The molecule has 1 aromatic rings. The van der Waals surface area contributed by atoms with Crippen molar-refractivity contribution in [3.05, 3.63) is 46.2 Å². The molecule has 0 atom stereocenters. The predicted octanol–water partition coefficient (Wildman–Crippen LogP) is 3.06. The Hall–Kier alpha value is -1.28.